The predicted octanol–water partition coefficient (Wildman–Crippen LogP) is 4.09. The summed E-state index contributed by atoms with van der Waals surface area (Å²) in [5.74, 6) is -1.28. The summed E-state index contributed by atoms with van der Waals surface area (Å²) in [5, 5.41) is 14.0. The number of nitrogens with zero attached hydrogens (tertiary/aromatic N) is 1. The second-order valence-electron chi connectivity index (χ2n) is 6.80. The topological polar surface area (TPSA) is 85.2 Å². The van der Waals surface area contributed by atoms with Gasteiger partial charge in [0.05, 0.1) is 18.6 Å². The summed E-state index contributed by atoms with van der Waals surface area (Å²) in [7, 11) is 1.56. The van der Waals surface area contributed by atoms with Crippen molar-refractivity contribution in [1.29, 1.82) is 0 Å². The van der Waals surface area contributed by atoms with Gasteiger partial charge in [-0.3, -0.25) is 9.59 Å². The molecule has 2 atom stereocenters. The molecular formula is C21H24NO5S. The molecule has 2 bridgehead atoms. The second kappa shape index (κ2) is 9.28. The molecule has 1 N–H and O–H groups in total. The van der Waals surface area contributed by atoms with E-state index in [4.69, 9.17) is 14.7 Å². The fourth-order valence-electron chi connectivity index (χ4n) is 3.72. The lowest BCUT2D eigenvalue weighted by atomic mass is 9.91. The summed E-state index contributed by atoms with van der Waals surface area (Å²) in [6.07, 6.45) is 3.62. The smallest absolute Gasteiger partial charge is 0.311 e. The fraction of sp³-hybridized carbons (Fsp3) is 0.476. The molecule has 0 aliphatic carbocycles. The lowest BCUT2D eigenvalue weighted by molar-refractivity contribution is -0.142. The highest BCUT2D eigenvalue weighted by Gasteiger charge is 2.37. The Morgan fingerprint density at radius 1 is 1.36 bits per heavy atom. The number of carbonyl (C=O) groups excluding carboxylic acids is 1. The third-order valence-corrected chi connectivity index (χ3v) is 6.51. The second-order valence-corrected chi connectivity index (χ2v) is 8.31. The van der Waals surface area contributed by atoms with Crippen molar-refractivity contribution in [3.63, 3.8) is 0 Å². The molecule has 1 radical (unpaired) electrons. The first-order valence-electron chi connectivity index (χ1n) is 9.45. The van der Waals surface area contributed by atoms with Crippen LogP contribution in [0.15, 0.2) is 28.9 Å². The largest absolute Gasteiger partial charge is 0.481 e. The van der Waals surface area contributed by atoms with Crippen LogP contribution >= 0.6 is 11.8 Å². The van der Waals surface area contributed by atoms with Crippen LogP contribution in [0.4, 0.5) is 0 Å². The van der Waals surface area contributed by atoms with Crippen molar-refractivity contribution >= 4 is 35.0 Å². The average Bonchev–Trinajstić information content (AvgIpc) is 3.06. The SMILES string of the molecule is CCC(=NOC)C1=C(c2cc[c]c(OC(=O)CCC(=O)O)c2)CC2CC[C@H]1S2. The minimum atomic E-state index is -1.02. The van der Waals surface area contributed by atoms with E-state index < -0.39 is 11.9 Å². The maximum Gasteiger partial charge on any atom is 0.311 e. The van der Waals surface area contributed by atoms with Crippen molar-refractivity contribution in [2.24, 2.45) is 5.16 Å². The maximum absolute atomic E-state index is 11.9. The molecule has 0 aromatic heterocycles. The molecule has 1 unspecified atom stereocenters. The molecule has 6 nitrogen and oxygen atoms in total. The van der Waals surface area contributed by atoms with E-state index in [9.17, 15) is 9.59 Å². The molecule has 0 spiro atoms. The minimum absolute atomic E-state index is 0.164. The van der Waals surface area contributed by atoms with Crippen LogP contribution in [0.5, 0.6) is 5.75 Å². The predicted molar refractivity (Wildman–Crippen MR) is 108 cm³/mol. The zero-order valence-electron chi connectivity index (χ0n) is 16.1. The number of carbonyl (C=O) groups is 2. The lowest BCUT2D eigenvalue weighted by Gasteiger charge is -2.27. The van der Waals surface area contributed by atoms with Gasteiger partial charge in [0.2, 0.25) is 0 Å². The Balaban J connectivity index is 1.90. The first kappa shape index (κ1) is 20.5. The van der Waals surface area contributed by atoms with Crippen LogP contribution in [0.3, 0.4) is 0 Å². The number of ether oxygens (including phenoxy) is 1. The molecule has 1 aromatic rings. The fourth-order valence-corrected chi connectivity index (χ4v) is 5.41. The van der Waals surface area contributed by atoms with E-state index in [2.05, 4.69) is 18.1 Å². The zero-order valence-corrected chi connectivity index (χ0v) is 16.9. The maximum atomic E-state index is 11.9. The molecule has 149 valence electrons. The van der Waals surface area contributed by atoms with Crippen LogP contribution in [-0.4, -0.2) is 40.4 Å². The number of benzene rings is 1. The molecule has 28 heavy (non-hydrogen) atoms. The Labute approximate surface area is 169 Å². The van der Waals surface area contributed by atoms with Gasteiger partial charge in [-0.15, -0.1) is 11.8 Å². The van der Waals surface area contributed by atoms with E-state index in [-0.39, 0.29) is 12.8 Å². The minimum Gasteiger partial charge on any atom is -0.481 e. The molecule has 7 heteroatoms. The Hall–Kier alpha value is -2.28. The summed E-state index contributed by atoms with van der Waals surface area (Å²) in [5.41, 5.74) is 4.41. The number of fused-ring (bicyclic) bond motifs is 2. The van der Waals surface area contributed by atoms with Crippen LogP contribution in [0.25, 0.3) is 5.57 Å². The first-order valence-corrected chi connectivity index (χ1v) is 10.4. The lowest BCUT2D eigenvalue weighted by Crippen LogP contribution is -2.19. The van der Waals surface area contributed by atoms with E-state index in [1.807, 2.05) is 23.9 Å². The molecule has 2 aliphatic heterocycles. The number of carboxylic acid groups (broad SMARTS) is 1. The van der Waals surface area contributed by atoms with Crippen molar-refractivity contribution in [3.05, 3.63) is 35.4 Å². The van der Waals surface area contributed by atoms with E-state index >= 15 is 0 Å². The van der Waals surface area contributed by atoms with Gasteiger partial charge in [-0.1, -0.05) is 18.1 Å². The summed E-state index contributed by atoms with van der Waals surface area (Å²) in [4.78, 5) is 27.6. The van der Waals surface area contributed by atoms with Crippen LogP contribution in [0, 0.1) is 6.07 Å². The number of thioether (sulfide) groups is 1. The highest BCUT2D eigenvalue weighted by Crippen LogP contribution is 2.50. The van der Waals surface area contributed by atoms with Crippen LogP contribution < -0.4 is 4.74 Å². The Morgan fingerprint density at radius 3 is 2.89 bits per heavy atom. The van der Waals surface area contributed by atoms with Gasteiger partial charge in [-0.25, -0.2) is 0 Å². The molecule has 0 amide bonds. The van der Waals surface area contributed by atoms with Crippen molar-refractivity contribution < 1.29 is 24.3 Å². The number of hydrogen-bond donors (Lipinski definition) is 1. The number of aliphatic carboxylic acids is 1. The molecular weight excluding hydrogens is 378 g/mol. The number of oxime groups is 1. The number of hydrogen-bond acceptors (Lipinski definition) is 6. The van der Waals surface area contributed by atoms with Crippen LogP contribution in [-0.2, 0) is 14.4 Å². The third-order valence-electron chi connectivity index (χ3n) is 4.92. The Morgan fingerprint density at radius 2 is 2.18 bits per heavy atom. The number of rotatable bonds is 8. The summed E-state index contributed by atoms with van der Waals surface area (Å²) < 4.78 is 5.29. The van der Waals surface area contributed by atoms with Gasteiger partial charge in [-0.05, 0) is 54.5 Å². The van der Waals surface area contributed by atoms with E-state index in [0.717, 1.165) is 30.5 Å². The van der Waals surface area contributed by atoms with E-state index in [0.29, 0.717) is 16.2 Å². The highest BCUT2D eigenvalue weighted by molar-refractivity contribution is 8.01. The third kappa shape index (κ3) is 4.76. The quantitative estimate of drug-likeness (QED) is 0.305. The van der Waals surface area contributed by atoms with Crippen LogP contribution in [0.1, 0.15) is 51.0 Å². The molecule has 1 saturated heterocycles. The molecule has 2 heterocycles. The molecule has 0 saturated carbocycles. The molecule has 2 aliphatic rings. The zero-order chi connectivity index (χ0) is 20.1. The summed E-state index contributed by atoms with van der Waals surface area (Å²) in [6.45, 7) is 2.07. The average molecular weight is 402 g/mol. The highest BCUT2D eigenvalue weighted by atomic mass is 32.2. The number of carboxylic acids is 1. The van der Waals surface area contributed by atoms with Gasteiger partial charge in [0.15, 0.2) is 0 Å². The molecule has 1 aromatic carbocycles. The first-order chi connectivity index (χ1) is 13.5. The van der Waals surface area contributed by atoms with E-state index in [1.54, 1.807) is 13.2 Å². The van der Waals surface area contributed by atoms with Gasteiger partial charge < -0.3 is 14.7 Å². The monoisotopic (exact) mass is 402 g/mol. The number of esters is 1. The van der Waals surface area contributed by atoms with Gasteiger partial charge in [0.1, 0.15) is 12.9 Å². The van der Waals surface area contributed by atoms with Gasteiger partial charge >= 0.3 is 11.9 Å². The molecule has 1 fully saturated rings. The summed E-state index contributed by atoms with van der Waals surface area (Å²) >= 11 is 2.01. The van der Waals surface area contributed by atoms with Crippen molar-refractivity contribution in [3.8, 4) is 5.75 Å². The Bertz CT molecular complexity index is 817. The van der Waals surface area contributed by atoms with Crippen LogP contribution in [0.2, 0.25) is 0 Å². The number of allylic oxidation sites excluding steroid dienone is 1. The van der Waals surface area contributed by atoms with Crippen molar-refractivity contribution in [2.45, 2.75) is 55.9 Å². The van der Waals surface area contributed by atoms with Gasteiger partial charge in [0, 0.05) is 16.6 Å². The van der Waals surface area contributed by atoms with Gasteiger partial charge in [-0.2, -0.15) is 0 Å². The van der Waals surface area contributed by atoms with Gasteiger partial charge in [0.25, 0.3) is 0 Å². The standard InChI is InChI=1S/C21H24NO5S/c1-3-17(22-26-2)21-16(12-15-7-8-18(21)28-15)13-5-4-6-14(11-13)27-20(25)10-9-19(23)24/h4-5,11,15,18H,3,7-10,12H2,1-2H3,(H,23,24)/t15?,18-/m1/s1. The Kier molecular flexibility index (Phi) is 6.78. The normalized spacial score (nSPS) is 21.6. The van der Waals surface area contributed by atoms with E-state index in [1.165, 1.54) is 17.6 Å². The van der Waals surface area contributed by atoms with Crippen molar-refractivity contribution in [2.75, 3.05) is 7.11 Å². The van der Waals surface area contributed by atoms with Crippen molar-refractivity contribution in [1.82, 2.24) is 0 Å². The summed E-state index contributed by atoms with van der Waals surface area (Å²) in [6, 6.07) is 8.43. The molecule has 3 rings (SSSR count).